The monoisotopic (exact) mass is 242 g/mol. The average Bonchev–Trinajstić information content (AvgIpc) is 2.25. The zero-order valence-corrected chi connectivity index (χ0v) is 10.2. The number of ether oxygens (including phenoxy) is 1. The highest BCUT2D eigenvalue weighted by Gasteiger charge is 2.23. The van der Waals surface area contributed by atoms with Gasteiger partial charge in [-0.1, -0.05) is 13.8 Å². The predicted octanol–water partition coefficient (Wildman–Crippen LogP) is 0.722. The summed E-state index contributed by atoms with van der Waals surface area (Å²) in [7, 11) is 0. The molecule has 1 heterocycles. The van der Waals surface area contributed by atoms with E-state index in [-0.39, 0.29) is 24.5 Å². The molecule has 0 bridgehead atoms. The summed E-state index contributed by atoms with van der Waals surface area (Å²) in [4.78, 5) is 22.2. The molecule has 0 unspecified atom stereocenters. The first-order chi connectivity index (χ1) is 8.00. The van der Waals surface area contributed by atoms with Crippen LogP contribution in [0.15, 0.2) is 5.10 Å². The topological polar surface area (TPSA) is 79.2 Å². The summed E-state index contributed by atoms with van der Waals surface area (Å²) in [5, 5.41) is 13.8. The number of hydrazone groups is 1. The van der Waals surface area contributed by atoms with Crippen molar-refractivity contribution in [1.82, 2.24) is 5.01 Å². The van der Waals surface area contributed by atoms with Crippen LogP contribution in [0.25, 0.3) is 0 Å². The fraction of sp³-hybridized carbons (Fsp3) is 0.727. The largest absolute Gasteiger partial charge is 0.477 e. The highest BCUT2D eigenvalue weighted by Crippen LogP contribution is 2.09. The number of nitrogens with zero attached hydrogens (tertiary/aromatic N) is 2. The molecule has 17 heavy (non-hydrogen) atoms. The van der Waals surface area contributed by atoms with Crippen LogP contribution < -0.4 is 0 Å². The summed E-state index contributed by atoms with van der Waals surface area (Å²) in [5.74, 6) is -0.779. The molecule has 0 radical (unpaired) electrons. The molecule has 0 spiro atoms. The zero-order valence-electron chi connectivity index (χ0n) is 10.2. The second kappa shape index (κ2) is 6.34. The van der Waals surface area contributed by atoms with Crippen molar-refractivity contribution in [2.45, 2.75) is 26.7 Å². The van der Waals surface area contributed by atoms with Gasteiger partial charge in [0.15, 0.2) is 0 Å². The second-order valence-corrected chi connectivity index (χ2v) is 4.34. The fourth-order valence-electron chi connectivity index (χ4n) is 1.40. The molecule has 1 amide bonds. The van der Waals surface area contributed by atoms with E-state index in [9.17, 15) is 9.59 Å². The molecule has 0 aliphatic carbocycles. The van der Waals surface area contributed by atoms with Gasteiger partial charge in [0, 0.05) is 19.4 Å². The summed E-state index contributed by atoms with van der Waals surface area (Å²) >= 11 is 0. The van der Waals surface area contributed by atoms with E-state index in [1.165, 1.54) is 5.01 Å². The van der Waals surface area contributed by atoms with E-state index in [4.69, 9.17) is 9.84 Å². The number of carboxylic acid groups (broad SMARTS) is 1. The molecule has 6 heteroatoms. The summed E-state index contributed by atoms with van der Waals surface area (Å²) in [6, 6.07) is 0. The molecule has 0 atom stereocenters. The first-order valence-electron chi connectivity index (χ1n) is 5.69. The number of hydrogen-bond acceptors (Lipinski definition) is 4. The van der Waals surface area contributed by atoms with E-state index in [2.05, 4.69) is 5.10 Å². The lowest BCUT2D eigenvalue weighted by atomic mass is 10.2. The molecule has 0 aromatic carbocycles. The Bertz CT molecular complexity index is 325. The van der Waals surface area contributed by atoms with Gasteiger partial charge in [0.2, 0.25) is 5.91 Å². The van der Waals surface area contributed by atoms with Crippen LogP contribution >= 0.6 is 0 Å². The zero-order chi connectivity index (χ0) is 12.8. The van der Waals surface area contributed by atoms with Crippen molar-refractivity contribution >= 4 is 17.6 Å². The van der Waals surface area contributed by atoms with Gasteiger partial charge in [0.1, 0.15) is 5.71 Å². The molecule has 1 N–H and O–H groups in total. The standard InChI is InChI=1S/C11H18N2O4/c1-8(2)7-17-6-5-13-10(14)4-3-9(12-13)11(15)16/h8H,3-7H2,1-2H3,(H,15,16). The van der Waals surface area contributed by atoms with E-state index >= 15 is 0 Å². The van der Waals surface area contributed by atoms with E-state index in [1.807, 2.05) is 13.8 Å². The van der Waals surface area contributed by atoms with Crippen LogP contribution in [0.3, 0.4) is 0 Å². The smallest absolute Gasteiger partial charge is 0.352 e. The number of amides is 1. The highest BCUT2D eigenvalue weighted by molar-refractivity contribution is 6.36. The number of rotatable bonds is 6. The molecule has 1 rings (SSSR count). The van der Waals surface area contributed by atoms with Gasteiger partial charge < -0.3 is 9.84 Å². The SMILES string of the molecule is CC(C)COCCN1N=C(C(=O)O)CCC1=O. The molecule has 1 aliphatic heterocycles. The summed E-state index contributed by atoms with van der Waals surface area (Å²) < 4.78 is 5.33. The molecule has 6 nitrogen and oxygen atoms in total. The summed E-state index contributed by atoms with van der Waals surface area (Å²) in [6.45, 7) is 5.37. The van der Waals surface area contributed by atoms with E-state index in [0.717, 1.165) is 0 Å². The Morgan fingerprint density at radius 2 is 2.24 bits per heavy atom. The second-order valence-electron chi connectivity index (χ2n) is 4.34. The third-order valence-electron chi connectivity index (χ3n) is 2.25. The molecule has 0 saturated heterocycles. The number of carbonyl (C=O) groups excluding carboxylic acids is 1. The van der Waals surface area contributed by atoms with Crippen molar-refractivity contribution in [2.24, 2.45) is 11.0 Å². The van der Waals surface area contributed by atoms with Crippen molar-refractivity contribution in [3.8, 4) is 0 Å². The minimum Gasteiger partial charge on any atom is -0.477 e. The van der Waals surface area contributed by atoms with Gasteiger partial charge in [-0.05, 0) is 5.92 Å². The number of hydrogen-bond donors (Lipinski definition) is 1. The molecular formula is C11H18N2O4. The Balaban J connectivity index is 2.42. The Morgan fingerprint density at radius 3 is 2.82 bits per heavy atom. The van der Waals surface area contributed by atoms with Gasteiger partial charge in [-0.2, -0.15) is 5.10 Å². The lowest BCUT2D eigenvalue weighted by molar-refractivity contribution is -0.133. The van der Waals surface area contributed by atoms with Gasteiger partial charge in [-0.15, -0.1) is 0 Å². The van der Waals surface area contributed by atoms with Crippen LogP contribution in [0.4, 0.5) is 0 Å². The predicted molar refractivity (Wildman–Crippen MR) is 61.7 cm³/mol. The Labute approximate surface area is 100 Å². The van der Waals surface area contributed by atoms with Crippen LogP contribution in [0.2, 0.25) is 0 Å². The molecule has 0 fully saturated rings. The Kier molecular flexibility index (Phi) is 5.09. The van der Waals surface area contributed by atoms with Crippen LogP contribution in [0, 0.1) is 5.92 Å². The minimum atomic E-state index is -1.06. The molecule has 0 aromatic heterocycles. The van der Waals surface area contributed by atoms with Crippen molar-refractivity contribution in [1.29, 1.82) is 0 Å². The Morgan fingerprint density at radius 1 is 1.53 bits per heavy atom. The van der Waals surface area contributed by atoms with Crippen molar-refractivity contribution in [3.63, 3.8) is 0 Å². The molecule has 96 valence electrons. The Hall–Kier alpha value is -1.43. The summed E-state index contributed by atoms with van der Waals surface area (Å²) in [5.41, 5.74) is 0.0356. The van der Waals surface area contributed by atoms with Crippen molar-refractivity contribution in [3.05, 3.63) is 0 Å². The number of carbonyl (C=O) groups is 2. The lowest BCUT2D eigenvalue weighted by Gasteiger charge is -2.22. The third-order valence-corrected chi connectivity index (χ3v) is 2.25. The third kappa shape index (κ3) is 4.52. The van der Waals surface area contributed by atoms with E-state index in [1.54, 1.807) is 0 Å². The van der Waals surface area contributed by atoms with Crippen molar-refractivity contribution < 1.29 is 19.4 Å². The van der Waals surface area contributed by atoms with Gasteiger partial charge in [0.05, 0.1) is 13.2 Å². The van der Waals surface area contributed by atoms with Gasteiger partial charge in [-0.3, -0.25) is 4.79 Å². The number of carboxylic acids is 1. The van der Waals surface area contributed by atoms with Crippen LogP contribution in [0.1, 0.15) is 26.7 Å². The first-order valence-corrected chi connectivity index (χ1v) is 5.69. The summed E-state index contributed by atoms with van der Waals surface area (Å²) in [6.07, 6.45) is 0.410. The first kappa shape index (κ1) is 13.6. The maximum Gasteiger partial charge on any atom is 0.352 e. The fourth-order valence-corrected chi connectivity index (χ4v) is 1.40. The molecule has 0 saturated carbocycles. The lowest BCUT2D eigenvalue weighted by Crippen LogP contribution is -2.36. The minimum absolute atomic E-state index is 0.0356. The highest BCUT2D eigenvalue weighted by atomic mass is 16.5. The van der Waals surface area contributed by atoms with Gasteiger partial charge >= 0.3 is 5.97 Å². The maximum absolute atomic E-state index is 11.5. The van der Waals surface area contributed by atoms with E-state index in [0.29, 0.717) is 25.7 Å². The normalized spacial score (nSPS) is 16.3. The van der Waals surface area contributed by atoms with Crippen molar-refractivity contribution in [2.75, 3.05) is 19.8 Å². The van der Waals surface area contributed by atoms with Gasteiger partial charge in [0.25, 0.3) is 0 Å². The molecular weight excluding hydrogens is 224 g/mol. The average molecular weight is 242 g/mol. The maximum atomic E-state index is 11.5. The quantitative estimate of drug-likeness (QED) is 0.696. The van der Waals surface area contributed by atoms with Crippen LogP contribution in [-0.4, -0.2) is 47.5 Å². The molecule has 0 aromatic rings. The molecule has 1 aliphatic rings. The van der Waals surface area contributed by atoms with Gasteiger partial charge in [-0.25, -0.2) is 9.80 Å². The number of aliphatic carboxylic acids is 1. The van der Waals surface area contributed by atoms with Crippen LogP contribution in [0.5, 0.6) is 0 Å². The van der Waals surface area contributed by atoms with Crippen LogP contribution in [-0.2, 0) is 14.3 Å². The van der Waals surface area contributed by atoms with E-state index < -0.39 is 5.97 Å².